The Hall–Kier alpha value is -0.560. The Morgan fingerprint density at radius 3 is 2.35 bits per heavy atom. The molecule has 0 radical (unpaired) electrons. The predicted octanol–water partition coefficient (Wildman–Crippen LogP) is 1.74. The summed E-state index contributed by atoms with van der Waals surface area (Å²) in [5.41, 5.74) is 1.53. The molecule has 1 fully saturated rings. The summed E-state index contributed by atoms with van der Waals surface area (Å²) in [5.74, 6) is 2.74. The minimum atomic E-state index is -3.27. The zero-order valence-electron chi connectivity index (χ0n) is 11.4. The molecule has 1 aromatic carbocycles. The minimum absolute atomic E-state index is 0.000177. The number of sulfonamides is 1. The van der Waals surface area contributed by atoms with Crippen molar-refractivity contribution in [1.82, 2.24) is 4.72 Å². The van der Waals surface area contributed by atoms with Crippen LogP contribution in [0.25, 0.3) is 0 Å². The van der Waals surface area contributed by atoms with E-state index in [0.717, 1.165) is 35.5 Å². The van der Waals surface area contributed by atoms with Crippen molar-refractivity contribution >= 4 is 21.8 Å². The van der Waals surface area contributed by atoms with E-state index in [0.29, 0.717) is 12.5 Å². The molecular weight excluding hydrogens is 294 g/mol. The number of nitrogens with one attached hydrogen (secondary N) is 1. The van der Waals surface area contributed by atoms with Gasteiger partial charge < -0.3 is 5.11 Å². The first-order valence-electron chi connectivity index (χ1n) is 6.83. The number of benzene rings is 1. The van der Waals surface area contributed by atoms with Gasteiger partial charge in [-0.3, -0.25) is 0 Å². The topological polar surface area (TPSA) is 66.4 Å². The van der Waals surface area contributed by atoms with Crippen LogP contribution in [0.5, 0.6) is 0 Å². The maximum absolute atomic E-state index is 12.0. The summed E-state index contributed by atoms with van der Waals surface area (Å²) in [5, 5.41) is 8.96. The van der Waals surface area contributed by atoms with E-state index in [9.17, 15) is 8.42 Å². The number of thioether (sulfide) groups is 1. The van der Waals surface area contributed by atoms with Crippen LogP contribution >= 0.6 is 11.8 Å². The zero-order valence-corrected chi connectivity index (χ0v) is 13.0. The summed E-state index contributed by atoms with van der Waals surface area (Å²) >= 11 is 1.94. The largest absolute Gasteiger partial charge is 0.392 e. The van der Waals surface area contributed by atoms with Crippen molar-refractivity contribution in [3.8, 4) is 0 Å². The van der Waals surface area contributed by atoms with Crippen molar-refractivity contribution in [1.29, 1.82) is 0 Å². The van der Waals surface area contributed by atoms with Gasteiger partial charge in [0.25, 0.3) is 0 Å². The third-order valence-electron chi connectivity index (χ3n) is 3.50. The van der Waals surface area contributed by atoms with Gasteiger partial charge in [0.05, 0.1) is 12.4 Å². The maximum atomic E-state index is 12.0. The van der Waals surface area contributed by atoms with Crippen molar-refractivity contribution < 1.29 is 13.5 Å². The highest BCUT2D eigenvalue weighted by molar-refractivity contribution is 7.99. The summed E-state index contributed by atoms with van der Waals surface area (Å²) in [4.78, 5) is 0. The average molecular weight is 315 g/mol. The van der Waals surface area contributed by atoms with Gasteiger partial charge in [0, 0.05) is 6.54 Å². The molecule has 0 aliphatic carbocycles. The Bertz CT molecular complexity index is 508. The number of aliphatic hydroxyl groups excluding tert-OH is 1. The molecule has 0 unspecified atom stereocenters. The molecule has 20 heavy (non-hydrogen) atoms. The molecule has 6 heteroatoms. The third-order valence-corrected chi connectivity index (χ3v) is 5.86. The van der Waals surface area contributed by atoms with Crippen LogP contribution in [0.4, 0.5) is 0 Å². The minimum Gasteiger partial charge on any atom is -0.392 e. The van der Waals surface area contributed by atoms with Crippen molar-refractivity contribution in [2.45, 2.75) is 25.2 Å². The molecule has 0 bridgehead atoms. The first kappa shape index (κ1) is 15.8. The van der Waals surface area contributed by atoms with E-state index in [-0.39, 0.29) is 12.4 Å². The molecule has 0 atom stereocenters. The number of rotatable bonds is 6. The van der Waals surface area contributed by atoms with Crippen molar-refractivity contribution in [2.24, 2.45) is 5.92 Å². The van der Waals surface area contributed by atoms with E-state index in [2.05, 4.69) is 4.72 Å². The molecule has 4 nitrogen and oxygen atoms in total. The van der Waals surface area contributed by atoms with Gasteiger partial charge in [-0.15, -0.1) is 0 Å². The summed E-state index contributed by atoms with van der Waals surface area (Å²) < 4.78 is 26.8. The second-order valence-corrected chi connectivity index (χ2v) is 8.17. The molecule has 1 saturated heterocycles. The van der Waals surface area contributed by atoms with Crippen LogP contribution in [0.2, 0.25) is 0 Å². The molecule has 2 rings (SSSR count). The summed E-state index contributed by atoms with van der Waals surface area (Å²) in [7, 11) is -3.27. The van der Waals surface area contributed by atoms with Crippen molar-refractivity contribution in [3.05, 3.63) is 35.4 Å². The smallest absolute Gasteiger partial charge is 0.215 e. The van der Waals surface area contributed by atoms with Gasteiger partial charge in [-0.25, -0.2) is 13.1 Å². The van der Waals surface area contributed by atoms with Gasteiger partial charge >= 0.3 is 0 Å². The number of hydrogen-bond donors (Lipinski definition) is 2. The predicted molar refractivity (Wildman–Crippen MR) is 83.0 cm³/mol. The average Bonchev–Trinajstić information content (AvgIpc) is 2.47. The van der Waals surface area contributed by atoms with Crippen molar-refractivity contribution in [2.75, 3.05) is 18.1 Å². The monoisotopic (exact) mass is 315 g/mol. The van der Waals surface area contributed by atoms with Crippen LogP contribution < -0.4 is 4.72 Å². The molecule has 2 N–H and O–H groups in total. The van der Waals surface area contributed by atoms with Crippen molar-refractivity contribution in [3.63, 3.8) is 0 Å². The Morgan fingerprint density at radius 1 is 1.15 bits per heavy atom. The lowest BCUT2D eigenvalue weighted by molar-refractivity contribution is 0.282. The summed E-state index contributed by atoms with van der Waals surface area (Å²) in [6.07, 6.45) is 2.19. The lowest BCUT2D eigenvalue weighted by Crippen LogP contribution is -2.31. The molecule has 0 amide bonds. The molecule has 1 aliphatic heterocycles. The van der Waals surface area contributed by atoms with E-state index in [4.69, 9.17) is 5.11 Å². The van der Waals surface area contributed by atoms with E-state index in [1.165, 1.54) is 0 Å². The quantitative estimate of drug-likeness (QED) is 0.839. The fraction of sp³-hybridized carbons (Fsp3) is 0.571. The van der Waals surface area contributed by atoms with Crippen LogP contribution in [0, 0.1) is 5.92 Å². The molecule has 1 heterocycles. The number of hydrogen-bond acceptors (Lipinski definition) is 4. The van der Waals surface area contributed by atoms with E-state index < -0.39 is 10.0 Å². The highest BCUT2D eigenvalue weighted by atomic mass is 32.2. The Balaban J connectivity index is 1.85. The van der Waals surface area contributed by atoms with Crippen LogP contribution in [0.15, 0.2) is 24.3 Å². The van der Waals surface area contributed by atoms with Gasteiger partial charge in [0.15, 0.2) is 0 Å². The summed E-state index contributed by atoms with van der Waals surface area (Å²) in [6, 6.07) is 7.01. The molecular formula is C14H21NO3S2. The molecule has 0 saturated carbocycles. The SMILES string of the molecule is O=S(=O)(Cc1ccc(CO)cc1)NCC1CCSCC1. The fourth-order valence-electron chi connectivity index (χ4n) is 2.21. The van der Waals surface area contributed by atoms with Gasteiger partial charge in [0.2, 0.25) is 10.0 Å². The molecule has 0 spiro atoms. The fourth-order valence-corrected chi connectivity index (χ4v) is 4.63. The standard InChI is InChI=1S/C14H21NO3S2/c16-10-13-1-3-14(4-2-13)11-20(17,18)15-9-12-5-7-19-8-6-12/h1-4,12,15-16H,5-11H2. The number of aliphatic hydroxyl groups is 1. The highest BCUT2D eigenvalue weighted by Crippen LogP contribution is 2.22. The first-order valence-corrected chi connectivity index (χ1v) is 9.63. The van der Waals surface area contributed by atoms with Crippen LogP contribution in [-0.2, 0) is 22.4 Å². The van der Waals surface area contributed by atoms with Crippen LogP contribution in [0.3, 0.4) is 0 Å². The highest BCUT2D eigenvalue weighted by Gasteiger charge is 2.17. The first-order chi connectivity index (χ1) is 9.59. The Morgan fingerprint density at radius 2 is 1.75 bits per heavy atom. The van der Waals surface area contributed by atoms with E-state index >= 15 is 0 Å². The third kappa shape index (κ3) is 5.09. The Kier molecular flexibility index (Phi) is 5.89. The lowest BCUT2D eigenvalue weighted by Gasteiger charge is -2.21. The molecule has 112 valence electrons. The van der Waals surface area contributed by atoms with Crippen LogP contribution in [-0.4, -0.2) is 31.6 Å². The van der Waals surface area contributed by atoms with Gasteiger partial charge in [-0.1, -0.05) is 24.3 Å². The van der Waals surface area contributed by atoms with E-state index in [1.807, 2.05) is 11.8 Å². The molecule has 1 aliphatic rings. The second-order valence-electron chi connectivity index (χ2n) is 5.14. The second kappa shape index (κ2) is 7.45. The molecule has 0 aromatic heterocycles. The van der Waals surface area contributed by atoms with Gasteiger partial charge in [-0.05, 0) is 41.4 Å². The zero-order chi connectivity index (χ0) is 14.4. The summed E-state index contributed by atoms with van der Waals surface area (Å²) in [6.45, 7) is 0.530. The maximum Gasteiger partial charge on any atom is 0.215 e. The van der Waals surface area contributed by atoms with Gasteiger partial charge in [-0.2, -0.15) is 11.8 Å². The molecule has 1 aromatic rings. The van der Waals surface area contributed by atoms with Crippen LogP contribution in [0.1, 0.15) is 24.0 Å². The normalized spacial score (nSPS) is 17.2. The van der Waals surface area contributed by atoms with E-state index in [1.54, 1.807) is 24.3 Å². The van der Waals surface area contributed by atoms with Gasteiger partial charge in [0.1, 0.15) is 0 Å². The Labute approximate surface area is 125 Å². The lowest BCUT2D eigenvalue weighted by atomic mass is 10.0.